The third-order valence-corrected chi connectivity index (χ3v) is 5.33. The lowest BCUT2D eigenvalue weighted by Gasteiger charge is -2.10. The van der Waals surface area contributed by atoms with Gasteiger partial charge in [-0.15, -0.1) is 0 Å². The zero-order valence-corrected chi connectivity index (χ0v) is 15.1. The zero-order chi connectivity index (χ0) is 17.0. The molecule has 0 amide bonds. The van der Waals surface area contributed by atoms with Gasteiger partial charge in [-0.1, -0.05) is 22.0 Å². The molecular weight excluding hydrogens is 382 g/mol. The molecule has 2 aromatic rings. The van der Waals surface area contributed by atoms with Gasteiger partial charge in [-0.05, 0) is 55.8 Å². The number of anilines is 1. The summed E-state index contributed by atoms with van der Waals surface area (Å²) in [6.45, 7) is 3.78. The minimum absolute atomic E-state index is 0.153. The van der Waals surface area contributed by atoms with Crippen LogP contribution in [0.25, 0.3) is 0 Å². The summed E-state index contributed by atoms with van der Waals surface area (Å²) in [6.07, 6.45) is 0. The molecule has 0 aliphatic heterocycles. The second-order valence-corrected chi connectivity index (χ2v) is 7.35. The average molecular weight is 398 g/mol. The minimum atomic E-state index is -3.73. The Bertz CT molecular complexity index is 834. The summed E-state index contributed by atoms with van der Waals surface area (Å²) in [4.78, 5) is 11.9. The van der Waals surface area contributed by atoms with E-state index in [2.05, 4.69) is 20.7 Å². The van der Waals surface area contributed by atoms with Gasteiger partial charge in [0.15, 0.2) is 0 Å². The molecule has 0 unspecified atom stereocenters. The van der Waals surface area contributed by atoms with E-state index in [1.807, 2.05) is 6.92 Å². The molecule has 2 rings (SSSR count). The topological polar surface area (TPSA) is 72.5 Å². The van der Waals surface area contributed by atoms with Gasteiger partial charge in [0.1, 0.15) is 0 Å². The quantitative estimate of drug-likeness (QED) is 0.779. The molecule has 0 fully saturated rings. The van der Waals surface area contributed by atoms with Crippen molar-refractivity contribution in [1.29, 1.82) is 0 Å². The Kier molecular flexibility index (Phi) is 5.43. The van der Waals surface area contributed by atoms with Gasteiger partial charge in [0.2, 0.25) is 0 Å². The normalized spacial score (nSPS) is 11.1. The van der Waals surface area contributed by atoms with Crippen molar-refractivity contribution in [2.24, 2.45) is 0 Å². The van der Waals surface area contributed by atoms with Gasteiger partial charge >= 0.3 is 5.97 Å². The number of hydrogen-bond donors (Lipinski definition) is 1. The molecule has 0 aromatic heterocycles. The van der Waals surface area contributed by atoms with Crippen LogP contribution in [0, 0.1) is 6.92 Å². The van der Waals surface area contributed by atoms with E-state index in [9.17, 15) is 13.2 Å². The van der Waals surface area contributed by atoms with E-state index in [-0.39, 0.29) is 11.5 Å². The van der Waals surface area contributed by atoms with Crippen LogP contribution in [0.15, 0.2) is 51.8 Å². The summed E-state index contributed by atoms with van der Waals surface area (Å²) < 4.78 is 33.1. The highest BCUT2D eigenvalue weighted by molar-refractivity contribution is 9.10. The fourth-order valence-corrected chi connectivity index (χ4v) is 3.30. The number of benzene rings is 2. The first-order valence-corrected chi connectivity index (χ1v) is 9.17. The molecular formula is C16H16BrNO4S. The number of hydrogen-bond acceptors (Lipinski definition) is 4. The lowest BCUT2D eigenvalue weighted by Crippen LogP contribution is -2.14. The molecule has 0 heterocycles. The first kappa shape index (κ1) is 17.5. The molecule has 5 nitrogen and oxygen atoms in total. The fraction of sp³-hybridized carbons (Fsp3) is 0.188. The fourth-order valence-electron chi connectivity index (χ4n) is 1.92. The number of ether oxygens (including phenoxy) is 1. The Labute approximate surface area is 143 Å². The van der Waals surface area contributed by atoms with Crippen molar-refractivity contribution in [1.82, 2.24) is 0 Å². The molecule has 0 bridgehead atoms. The van der Waals surface area contributed by atoms with E-state index >= 15 is 0 Å². The number of carbonyl (C=O) groups excluding carboxylic acids is 1. The van der Waals surface area contributed by atoms with E-state index in [4.69, 9.17) is 4.74 Å². The number of nitrogens with one attached hydrogen (secondary N) is 1. The van der Waals surface area contributed by atoms with Crippen LogP contribution in [0.1, 0.15) is 22.8 Å². The monoisotopic (exact) mass is 397 g/mol. The van der Waals surface area contributed by atoms with Crippen LogP contribution in [0.4, 0.5) is 5.69 Å². The maximum atomic E-state index is 12.4. The average Bonchev–Trinajstić information content (AvgIpc) is 2.50. The highest BCUT2D eigenvalue weighted by Gasteiger charge is 2.16. The second-order valence-electron chi connectivity index (χ2n) is 4.82. The molecule has 122 valence electrons. The molecule has 0 atom stereocenters. The number of rotatable bonds is 5. The molecule has 0 saturated carbocycles. The summed E-state index contributed by atoms with van der Waals surface area (Å²) in [5.41, 5.74) is 1.41. The van der Waals surface area contributed by atoms with E-state index in [1.54, 1.807) is 37.3 Å². The largest absolute Gasteiger partial charge is 0.462 e. The highest BCUT2D eigenvalue weighted by Crippen LogP contribution is 2.22. The smallest absolute Gasteiger partial charge is 0.338 e. The molecule has 23 heavy (non-hydrogen) atoms. The van der Waals surface area contributed by atoms with Crippen molar-refractivity contribution < 1.29 is 17.9 Å². The predicted molar refractivity (Wildman–Crippen MR) is 92.1 cm³/mol. The van der Waals surface area contributed by atoms with Gasteiger partial charge < -0.3 is 4.74 Å². The number of esters is 1. The Balaban J connectivity index is 2.28. The van der Waals surface area contributed by atoms with Crippen LogP contribution in [0.2, 0.25) is 0 Å². The van der Waals surface area contributed by atoms with E-state index in [1.165, 1.54) is 12.1 Å². The Morgan fingerprint density at radius 1 is 1.22 bits per heavy atom. The first-order chi connectivity index (χ1) is 10.8. The van der Waals surface area contributed by atoms with Crippen molar-refractivity contribution in [3.05, 3.63) is 58.1 Å². The molecule has 0 aliphatic rings. The first-order valence-electron chi connectivity index (χ1n) is 6.89. The molecule has 1 N–H and O–H groups in total. The Morgan fingerprint density at radius 3 is 2.61 bits per heavy atom. The van der Waals surface area contributed by atoms with Crippen LogP contribution < -0.4 is 4.72 Å². The Morgan fingerprint density at radius 2 is 1.96 bits per heavy atom. The van der Waals surface area contributed by atoms with Crippen molar-refractivity contribution in [2.75, 3.05) is 11.3 Å². The van der Waals surface area contributed by atoms with E-state index in [0.29, 0.717) is 11.3 Å². The summed E-state index contributed by atoms with van der Waals surface area (Å²) in [5, 5.41) is 0. The third kappa shape index (κ3) is 4.33. The van der Waals surface area contributed by atoms with Gasteiger partial charge in [0.25, 0.3) is 10.0 Å². The van der Waals surface area contributed by atoms with Gasteiger partial charge in [-0.3, -0.25) is 4.72 Å². The van der Waals surface area contributed by atoms with Crippen LogP contribution in [0.3, 0.4) is 0 Å². The Hall–Kier alpha value is -1.86. The van der Waals surface area contributed by atoms with E-state index < -0.39 is 16.0 Å². The lowest BCUT2D eigenvalue weighted by atomic mass is 10.2. The summed E-state index contributed by atoms with van der Waals surface area (Å²) >= 11 is 3.34. The van der Waals surface area contributed by atoms with Crippen LogP contribution in [-0.2, 0) is 14.8 Å². The summed E-state index contributed by atoms with van der Waals surface area (Å²) in [6, 6.07) is 10.9. The number of sulfonamides is 1. The van der Waals surface area contributed by atoms with Crippen molar-refractivity contribution >= 4 is 37.6 Å². The SMILES string of the molecule is CCOC(=O)c1cccc(NS(=O)(=O)c2ccc(Br)c(C)c2)c1. The summed E-state index contributed by atoms with van der Waals surface area (Å²) in [5.74, 6) is -0.493. The lowest BCUT2D eigenvalue weighted by molar-refractivity contribution is 0.0526. The highest BCUT2D eigenvalue weighted by atomic mass is 79.9. The third-order valence-electron chi connectivity index (χ3n) is 3.07. The minimum Gasteiger partial charge on any atom is -0.462 e. The standard InChI is InChI=1S/C16H16BrNO4S/c1-3-22-16(19)12-5-4-6-13(10-12)18-23(20,21)14-7-8-15(17)11(2)9-14/h4-10,18H,3H2,1-2H3. The molecule has 0 aliphatic carbocycles. The van der Waals surface area contributed by atoms with Crippen LogP contribution >= 0.6 is 15.9 Å². The number of aryl methyl sites for hydroxylation is 1. The predicted octanol–water partition coefficient (Wildman–Crippen LogP) is 3.74. The summed E-state index contributed by atoms with van der Waals surface area (Å²) in [7, 11) is -3.73. The van der Waals surface area contributed by atoms with Gasteiger partial charge in [0.05, 0.1) is 17.1 Å². The molecule has 0 radical (unpaired) electrons. The van der Waals surface area contributed by atoms with Crippen molar-refractivity contribution in [3.8, 4) is 0 Å². The number of halogens is 1. The van der Waals surface area contributed by atoms with E-state index in [0.717, 1.165) is 10.0 Å². The van der Waals surface area contributed by atoms with Gasteiger partial charge in [-0.25, -0.2) is 13.2 Å². The van der Waals surface area contributed by atoms with Crippen molar-refractivity contribution in [2.45, 2.75) is 18.7 Å². The second kappa shape index (κ2) is 7.14. The van der Waals surface area contributed by atoms with Crippen LogP contribution in [0.5, 0.6) is 0 Å². The van der Waals surface area contributed by atoms with Crippen LogP contribution in [-0.4, -0.2) is 21.0 Å². The van der Waals surface area contributed by atoms with Gasteiger partial charge in [-0.2, -0.15) is 0 Å². The van der Waals surface area contributed by atoms with Gasteiger partial charge in [0, 0.05) is 10.2 Å². The molecule has 7 heteroatoms. The zero-order valence-electron chi connectivity index (χ0n) is 12.7. The maximum Gasteiger partial charge on any atom is 0.338 e. The molecule has 2 aromatic carbocycles. The molecule has 0 spiro atoms. The van der Waals surface area contributed by atoms with Crippen molar-refractivity contribution in [3.63, 3.8) is 0 Å². The maximum absolute atomic E-state index is 12.4. The molecule has 0 saturated heterocycles. The number of carbonyl (C=O) groups is 1.